The Morgan fingerprint density at radius 3 is 2.24 bits per heavy atom. The predicted molar refractivity (Wildman–Crippen MR) is 142 cm³/mol. The van der Waals surface area contributed by atoms with Gasteiger partial charge in [0, 0.05) is 11.3 Å². The van der Waals surface area contributed by atoms with Crippen molar-refractivity contribution in [3.05, 3.63) is 99.7 Å². The number of hydrogen-bond donors (Lipinski definition) is 2. The van der Waals surface area contributed by atoms with Gasteiger partial charge in [0.25, 0.3) is 17.7 Å². The Labute approximate surface area is 222 Å². The lowest BCUT2D eigenvalue weighted by Crippen LogP contribution is -2.32. The SMILES string of the molecule is CC(C)OC(=O)c1cccc(N2C(=O)C(Cl)=C(Nc3ccc(C(=O)Nc4ccccc4Cl)cc3)C2=O)c1. The fourth-order valence-corrected chi connectivity index (χ4v) is 3.90. The molecule has 0 saturated heterocycles. The number of rotatable bonds is 7. The Morgan fingerprint density at radius 2 is 1.57 bits per heavy atom. The summed E-state index contributed by atoms with van der Waals surface area (Å²) in [5.41, 5.74) is 1.50. The maximum Gasteiger partial charge on any atom is 0.338 e. The molecule has 0 bridgehead atoms. The molecule has 3 amide bonds. The smallest absolute Gasteiger partial charge is 0.338 e. The number of amides is 3. The second kappa shape index (κ2) is 10.9. The van der Waals surface area contributed by atoms with Crippen molar-refractivity contribution in [2.24, 2.45) is 0 Å². The second-order valence-electron chi connectivity index (χ2n) is 8.28. The van der Waals surface area contributed by atoms with Gasteiger partial charge in [0.2, 0.25) is 0 Å². The lowest BCUT2D eigenvalue weighted by Gasteiger charge is -2.16. The molecule has 1 heterocycles. The van der Waals surface area contributed by atoms with Crippen molar-refractivity contribution < 1.29 is 23.9 Å². The van der Waals surface area contributed by atoms with Crippen LogP contribution < -0.4 is 15.5 Å². The summed E-state index contributed by atoms with van der Waals surface area (Å²) in [6, 6.07) is 19.1. The van der Waals surface area contributed by atoms with Crippen LogP contribution in [-0.2, 0) is 14.3 Å². The average molecular weight is 538 g/mol. The molecule has 37 heavy (non-hydrogen) atoms. The summed E-state index contributed by atoms with van der Waals surface area (Å²) >= 11 is 12.3. The molecular formula is C27H21Cl2N3O5. The standard InChI is InChI=1S/C27H21Cl2N3O5/c1-15(2)37-27(36)17-6-5-7-19(14-17)32-25(34)22(29)23(26(32)35)30-18-12-10-16(11-13-18)24(33)31-21-9-4-3-8-20(21)28/h3-15,30H,1-2H3,(H,31,33). The van der Waals surface area contributed by atoms with Gasteiger partial charge in [-0.1, -0.05) is 41.4 Å². The lowest BCUT2D eigenvalue weighted by atomic mass is 10.1. The number of nitrogens with one attached hydrogen (secondary N) is 2. The fourth-order valence-electron chi connectivity index (χ4n) is 3.51. The van der Waals surface area contributed by atoms with Gasteiger partial charge in [0.1, 0.15) is 10.7 Å². The minimum atomic E-state index is -0.737. The van der Waals surface area contributed by atoms with E-state index in [1.807, 2.05) is 0 Å². The summed E-state index contributed by atoms with van der Waals surface area (Å²) in [6.07, 6.45) is -0.327. The number of carbonyl (C=O) groups is 4. The maximum absolute atomic E-state index is 13.1. The van der Waals surface area contributed by atoms with E-state index in [4.69, 9.17) is 27.9 Å². The highest BCUT2D eigenvalue weighted by Crippen LogP contribution is 2.31. The number of carbonyl (C=O) groups excluding carboxylic acids is 4. The number of benzene rings is 3. The molecule has 0 radical (unpaired) electrons. The number of para-hydroxylation sites is 1. The molecule has 1 aliphatic rings. The van der Waals surface area contributed by atoms with Gasteiger partial charge < -0.3 is 15.4 Å². The third kappa shape index (κ3) is 5.66. The first-order chi connectivity index (χ1) is 17.7. The Kier molecular flexibility index (Phi) is 7.61. The highest BCUT2D eigenvalue weighted by atomic mass is 35.5. The van der Waals surface area contributed by atoms with Crippen molar-refractivity contribution >= 4 is 64.0 Å². The number of ether oxygens (including phenoxy) is 1. The van der Waals surface area contributed by atoms with E-state index in [-0.39, 0.29) is 34.0 Å². The molecule has 8 nitrogen and oxygen atoms in total. The Bertz CT molecular complexity index is 1430. The molecule has 2 N–H and O–H groups in total. The molecule has 3 aromatic rings. The van der Waals surface area contributed by atoms with Crippen LogP contribution in [0, 0.1) is 0 Å². The molecule has 0 aliphatic carbocycles. The number of hydrogen-bond acceptors (Lipinski definition) is 6. The van der Waals surface area contributed by atoms with Crippen LogP contribution in [0.2, 0.25) is 5.02 Å². The minimum absolute atomic E-state index is 0.130. The van der Waals surface area contributed by atoms with Crippen LogP contribution in [-0.4, -0.2) is 29.8 Å². The first kappa shape index (κ1) is 25.9. The molecule has 3 aromatic carbocycles. The number of nitrogens with zero attached hydrogens (tertiary/aromatic N) is 1. The van der Waals surface area contributed by atoms with Crippen molar-refractivity contribution in [2.45, 2.75) is 20.0 Å². The Hall–Kier alpha value is -4.14. The minimum Gasteiger partial charge on any atom is -0.459 e. The molecule has 188 valence electrons. The van der Waals surface area contributed by atoms with E-state index in [2.05, 4.69) is 10.6 Å². The van der Waals surface area contributed by atoms with Crippen LogP contribution in [0.1, 0.15) is 34.6 Å². The van der Waals surface area contributed by atoms with Crippen molar-refractivity contribution in [2.75, 3.05) is 15.5 Å². The molecule has 0 spiro atoms. The number of anilines is 3. The summed E-state index contributed by atoms with van der Waals surface area (Å²) in [7, 11) is 0. The van der Waals surface area contributed by atoms with Crippen LogP contribution in [0.15, 0.2) is 83.5 Å². The van der Waals surface area contributed by atoms with Crippen molar-refractivity contribution in [1.82, 2.24) is 0 Å². The first-order valence-electron chi connectivity index (χ1n) is 11.2. The normalized spacial score (nSPS) is 13.3. The molecule has 0 saturated carbocycles. The average Bonchev–Trinajstić information content (AvgIpc) is 3.08. The zero-order valence-electron chi connectivity index (χ0n) is 19.7. The molecule has 10 heteroatoms. The number of esters is 1. The number of halogens is 2. The van der Waals surface area contributed by atoms with Crippen LogP contribution in [0.3, 0.4) is 0 Å². The molecule has 0 atom stereocenters. The lowest BCUT2D eigenvalue weighted by molar-refractivity contribution is -0.120. The predicted octanol–water partition coefficient (Wildman–Crippen LogP) is 5.59. The molecular weight excluding hydrogens is 517 g/mol. The molecule has 4 rings (SSSR count). The highest BCUT2D eigenvalue weighted by Gasteiger charge is 2.39. The van der Waals surface area contributed by atoms with Gasteiger partial charge in [-0.15, -0.1) is 0 Å². The monoisotopic (exact) mass is 537 g/mol. The van der Waals surface area contributed by atoms with Crippen LogP contribution in [0.4, 0.5) is 17.1 Å². The topological polar surface area (TPSA) is 105 Å². The Balaban J connectivity index is 1.48. The summed E-state index contributed by atoms with van der Waals surface area (Å²) in [5, 5.41) is 5.68. The van der Waals surface area contributed by atoms with Crippen molar-refractivity contribution in [3.63, 3.8) is 0 Å². The van der Waals surface area contributed by atoms with Crippen molar-refractivity contribution in [3.8, 4) is 0 Å². The van der Waals surface area contributed by atoms with Gasteiger partial charge in [0.15, 0.2) is 0 Å². The largest absolute Gasteiger partial charge is 0.459 e. The zero-order valence-corrected chi connectivity index (χ0v) is 21.3. The van der Waals surface area contributed by atoms with Crippen LogP contribution >= 0.6 is 23.2 Å². The van der Waals surface area contributed by atoms with E-state index in [0.717, 1.165) is 4.90 Å². The Morgan fingerprint density at radius 1 is 0.865 bits per heavy atom. The fraction of sp³-hybridized carbons (Fsp3) is 0.111. The first-order valence-corrected chi connectivity index (χ1v) is 11.9. The summed E-state index contributed by atoms with van der Waals surface area (Å²) in [6.45, 7) is 3.43. The van der Waals surface area contributed by atoms with E-state index >= 15 is 0 Å². The molecule has 0 aromatic heterocycles. The quantitative estimate of drug-likeness (QED) is 0.300. The van der Waals surface area contributed by atoms with E-state index < -0.39 is 17.8 Å². The van der Waals surface area contributed by atoms with Gasteiger partial charge >= 0.3 is 5.97 Å². The van der Waals surface area contributed by atoms with Gasteiger partial charge in [-0.2, -0.15) is 0 Å². The maximum atomic E-state index is 13.1. The molecule has 0 fully saturated rings. The van der Waals surface area contributed by atoms with Gasteiger partial charge in [-0.05, 0) is 68.4 Å². The summed E-state index contributed by atoms with van der Waals surface area (Å²) in [4.78, 5) is 51.6. The number of imide groups is 1. The zero-order chi connectivity index (χ0) is 26.7. The third-order valence-corrected chi connectivity index (χ3v) is 5.93. The molecule has 0 unspecified atom stereocenters. The van der Waals surface area contributed by atoms with Crippen LogP contribution in [0.5, 0.6) is 0 Å². The highest BCUT2D eigenvalue weighted by molar-refractivity contribution is 6.53. The van der Waals surface area contributed by atoms with Crippen molar-refractivity contribution in [1.29, 1.82) is 0 Å². The summed E-state index contributed by atoms with van der Waals surface area (Å²) in [5.74, 6) is -2.37. The van der Waals surface area contributed by atoms with Crippen LogP contribution in [0.25, 0.3) is 0 Å². The second-order valence-corrected chi connectivity index (χ2v) is 9.06. The molecule has 1 aliphatic heterocycles. The summed E-state index contributed by atoms with van der Waals surface area (Å²) < 4.78 is 5.18. The van der Waals surface area contributed by atoms with E-state index in [1.54, 1.807) is 68.4 Å². The van der Waals surface area contributed by atoms with Gasteiger partial charge in [-0.25, -0.2) is 9.69 Å². The van der Waals surface area contributed by atoms with E-state index in [1.165, 1.54) is 18.2 Å². The van der Waals surface area contributed by atoms with Gasteiger partial charge in [-0.3, -0.25) is 14.4 Å². The van der Waals surface area contributed by atoms with E-state index in [0.29, 0.717) is 22.0 Å². The van der Waals surface area contributed by atoms with Gasteiger partial charge in [0.05, 0.1) is 28.1 Å². The van der Waals surface area contributed by atoms with E-state index in [9.17, 15) is 19.2 Å². The third-order valence-electron chi connectivity index (χ3n) is 5.25.